The number of benzene rings is 3. The van der Waals surface area contributed by atoms with Gasteiger partial charge in [-0.05, 0) is 42.5 Å². The van der Waals surface area contributed by atoms with Gasteiger partial charge in [0, 0.05) is 27.4 Å². The number of hydrogen-bond donors (Lipinski definition) is 2. The van der Waals surface area contributed by atoms with Crippen LogP contribution in [0, 0.1) is 0 Å². The Morgan fingerprint density at radius 1 is 0.900 bits per heavy atom. The minimum atomic E-state index is -1.97. The van der Waals surface area contributed by atoms with Crippen molar-refractivity contribution in [3.8, 4) is 5.75 Å². The van der Waals surface area contributed by atoms with Gasteiger partial charge in [0.1, 0.15) is 5.75 Å². The number of rotatable bonds is 5. The molecule has 6 nitrogen and oxygen atoms in total. The van der Waals surface area contributed by atoms with E-state index in [1.807, 2.05) is 0 Å². The van der Waals surface area contributed by atoms with Gasteiger partial charge in [-0.3, -0.25) is 14.4 Å². The van der Waals surface area contributed by atoms with Gasteiger partial charge < -0.3 is 15.4 Å². The molecule has 0 fully saturated rings. The number of carbonyl (C=O) groups is 3. The topological polar surface area (TPSA) is 84.5 Å². The Balaban J connectivity index is 1.76. The van der Waals surface area contributed by atoms with Crippen molar-refractivity contribution in [2.45, 2.75) is 5.66 Å². The molecule has 2 N–H and O–H groups in total. The first-order chi connectivity index (χ1) is 14.4. The zero-order valence-corrected chi connectivity index (χ0v) is 16.7. The SMILES string of the molecule is COc1ccc(NC2(NC(=O)c3cccc(Cl)c3)C(=O)c3ccccc3C2=O)cc1. The molecule has 0 radical (unpaired) electrons. The Hall–Kier alpha value is -3.64. The number of carbonyl (C=O) groups excluding carboxylic acids is 3. The second-order valence-corrected chi connectivity index (χ2v) is 7.21. The number of amides is 1. The summed E-state index contributed by atoms with van der Waals surface area (Å²) in [5.41, 5.74) is -0.783. The van der Waals surface area contributed by atoms with Gasteiger partial charge in [-0.15, -0.1) is 0 Å². The zero-order chi connectivity index (χ0) is 21.3. The van der Waals surface area contributed by atoms with Crippen LogP contribution in [-0.2, 0) is 0 Å². The van der Waals surface area contributed by atoms with E-state index in [1.54, 1.807) is 66.7 Å². The second kappa shape index (κ2) is 7.65. The Bertz CT molecular complexity index is 1120. The number of ketones is 2. The normalized spacial score (nSPS) is 14.2. The van der Waals surface area contributed by atoms with E-state index in [-0.39, 0.29) is 16.7 Å². The fourth-order valence-electron chi connectivity index (χ4n) is 3.41. The highest BCUT2D eigenvalue weighted by atomic mass is 35.5. The van der Waals surface area contributed by atoms with Gasteiger partial charge in [-0.25, -0.2) is 0 Å². The molecular formula is C23H17ClN2O4. The Labute approximate surface area is 177 Å². The molecular weight excluding hydrogens is 404 g/mol. The van der Waals surface area contributed by atoms with Gasteiger partial charge >= 0.3 is 0 Å². The minimum absolute atomic E-state index is 0.231. The molecule has 150 valence electrons. The molecule has 1 aliphatic carbocycles. The first-order valence-corrected chi connectivity index (χ1v) is 9.51. The number of nitrogens with one attached hydrogen (secondary N) is 2. The molecule has 0 saturated heterocycles. The highest BCUT2D eigenvalue weighted by Crippen LogP contribution is 2.32. The van der Waals surface area contributed by atoms with Gasteiger partial charge in [-0.1, -0.05) is 41.9 Å². The molecule has 3 aromatic rings. The largest absolute Gasteiger partial charge is 0.497 e. The van der Waals surface area contributed by atoms with E-state index in [0.717, 1.165) is 0 Å². The van der Waals surface area contributed by atoms with Crippen LogP contribution in [0.3, 0.4) is 0 Å². The Morgan fingerprint density at radius 2 is 1.53 bits per heavy atom. The fraction of sp³-hybridized carbons (Fsp3) is 0.0870. The summed E-state index contributed by atoms with van der Waals surface area (Å²) >= 11 is 5.99. The Morgan fingerprint density at radius 3 is 2.10 bits per heavy atom. The molecule has 0 heterocycles. The van der Waals surface area contributed by atoms with Crippen molar-refractivity contribution in [2.24, 2.45) is 0 Å². The average Bonchev–Trinajstić information content (AvgIpc) is 2.96. The number of anilines is 1. The maximum atomic E-state index is 13.3. The monoisotopic (exact) mass is 420 g/mol. The van der Waals surface area contributed by atoms with Crippen molar-refractivity contribution in [3.05, 3.63) is 94.5 Å². The summed E-state index contributed by atoms with van der Waals surface area (Å²) in [5, 5.41) is 5.94. The van der Waals surface area contributed by atoms with Crippen molar-refractivity contribution >= 4 is 34.8 Å². The summed E-state index contributed by atoms with van der Waals surface area (Å²) in [7, 11) is 1.54. The van der Waals surface area contributed by atoms with E-state index in [2.05, 4.69) is 10.6 Å². The predicted octanol–water partition coefficient (Wildman–Crippen LogP) is 3.97. The molecule has 7 heteroatoms. The maximum Gasteiger partial charge on any atom is 0.253 e. The van der Waals surface area contributed by atoms with Crippen LogP contribution < -0.4 is 15.4 Å². The van der Waals surface area contributed by atoms with Gasteiger partial charge in [0.15, 0.2) is 0 Å². The van der Waals surface area contributed by atoms with Crippen molar-refractivity contribution < 1.29 is 19.1 Å². The van der Waals surface area contributed by atoms with Crippen molar-refractivity contribution in [1.29, 1.82) is 0 Å². The summed E-state index contributed by atoms with van der Waals surface area (Å²) in [6, 6.07) is 19.5. The number of hydrogen-bond acceptors (Lipinski definition) is 5. The van der Waals surface area contributed by atoms with E-state index >= 15 is 0 Å². The van der Waals surface area contributed by atoms with Crippen LogP contribution >= 0.6 is 11.6 Å². The third-order valence-corrected chi connectivity index (χ3v) is 5.14. The summed E-state index contributed by atoms with van der Waals surface area (Å²) in [4.78, 5) is 39.6. The molecule has 4 rings (SSSR count). The molecule has 0 aromatic heterocycles. The van der Waals surface area contributed by atoms with E-state index < -0.39 is 23.1 Å². The molecule has 3 aromatic carbocycles. The lowest BCUT2D eigenvalue weighted by atomic mass is 10.0. The van der Waals surface area contributed by atoms with E-state index in [0.29, 0.717) is 16.5 Å². The molecule has 1 amide bonds. The van der Waals surface area contributed by atoms with Crippen LogP contribution in [-0.4, -0.2) is 30.2 Å². The number of ether oxygens (including phenoxy) is 1. The molecule has 30 heavy (non-hydrogen) atoms. The minimum Gasteiger partial charge on any atom is -0.497 e. The van der Waals surface area contributed by atoms with Gasteiger partial charge in [-0.2, -0.15) is 0 Å². The molecule has 0 saturated carbocycles. The van der Waals surface area contributed by atoms with Crippen molar-refractivity contribution in [3.63, 3.8) is 0 Å². The lowest BCUT2D eigenvalue weighted by molar-refractivity contribution is 0.0726. The smallest absolute Gasteiger partial charge is 0.253 e. The number of methoxy groups -OCH3 is 1. The molecule has 1 aliphatic rings. The number of fused-ring (bicyclic) bond motifs is 1. The molecule has 0 bridgehead atoms. The van der Waals surface area contributed by atoms with E-state index in [4.69, 9.17) is 16.3 Å². The van der Waals surface area contributed by atoms with Gasteiger partial charge in [0.2, 0.25) is 17.2 Å². The van der Waals surface area contributed by atoms with Crippen molar-refractivity contribution in [2.75, 3.05) is 12.4 Å². The Kier molecular flexibility index (Phi) is 5.01. The van der Waals surface area contributed by atoms with Crippen LogP contribution in [0.1, 0.15) is 31.1 Å². The van der Waals surface area contributed by atoms with Gasteiger partial charge in [0.25, 0.3) is 5.91 Å². The summed E-state index contributed by atoms with van der Waals surface area (Å²) < 4.78 is 5.15. The number of Topliss-reactive ketones (excluding diaryl/α,β-unsaturated/α-hetero) is 2. The van der Waals surface area contributed by atoms with Crippen LogP contribution in [0.5, 0.6) is 5.75 Å². The molecule has 0 unspecified atom stereocenters. The first kappa shape index (κ1) is 19.7. The average molecular weight is 421 g/mol. The van der Waals surface area contributed by atoms with E-state index in [1.165, 1.54) is 13.2 Å². The van der Waals surface area contributed by atoms with E-state index in [9.17, 15) is 14.4 Å². The predicted molar refractivity (Wildman–Crippen MR) is 113 cm³/mol. The van der Waals surface area contributed by atoms with Crippen LogP contribution in [0.15, 0.2) is 72.8 Å². The number of halogens is 1. The van der Waals surface area contributed by atoms with Crippen molar-refractivity contribution in [1.82, 2.24) is 5.32 Å². The maximum absolute atomic E-state index is 13.3. The summed E-state index contributed by atoms with van der Waals surface area (Å²) in [6.07, 6.45) is 0. The highest BCUT2D eigenvalue weighted by Gasteiger charge is 2.54. The first-order valence-electron chi connectivity index (χ1n) is 9.13. The standard InChI is InChI=1S/C23H17ClN2O4/c1-30-17-11-9-16(10-12-17)25-23(26-22(29)14-5-4-6-15(24)13-14)20(27)18-7-2-3-8-19(18)21(23)28/h2-13,25H,1H3,(H,26,29). The van der Waals surface area contributed by atoms with Crippen LogP contribution in [0.2, 0.25) is 5.02 Å². The third kappa shape index (κ3) is 3.31. The highest BCUT2D eigenvalue weighted by molar-refractivity contribution is 6.35. The third-order valence-electron chi connectivity index (χ3n) is 4.91. The summed E-state index contributed by atoms with van der Waals surface area (Å²) in [5.74, 6) is -1.05. The lowest BCUT2D eigenvalue weighted by Gasteiger charge is -2.29. The fourth-order valence-corrected chi connectivity index (χ4v) is 3.60. The molecule has 0 spiro atoms. The van der Waals surface area contributed by atoms with Crippen LogP contribution in [0.25, 0.3) is 0 Å². The summed E-state index contributed by atoms with van der Waals surface area (Å²) in [6.45, 7) is 0. The zero-order valence-electron chi connectivity index (χ0n) is 15.9. The van der Waals surface area contributed by atoms with Gasteiger partial charge in [0.05, 0.1) is 7.11 Å². The van der Waals surface area contributed by atoms with Crippen LogP contribution in [0.4, 0.5) is 5.69 Å². The molecule has 0 atom stereocenters. The lowest BCUT2D eigenvalue weighted by Crippen LogP contribution is -2.62. The quantitative estimate of drug-likeness (QED) is 0.482. The second-order valence-electron chi connectivity index (χ2n) is 6.77. The molecule has 0 aliphatic heterocycles.